The lowest BCUT2D eigenvalue weighted by Crippen LogP contribution is -2.33. The first kappa shape index (κ1) is 13.6. The highest BCUT2D eigenvalue weighted by molar-refractivity contribution is 7.79. The molecule has 3 nitrogen and oxygen atoms in total. The summed E-state index contributed by atoms with van der Waals surface area (Å²) in [6, 6.07) is 0. The monoisotopic (exact) mass is 263 g/mol. The largest absolute Gasteiger partial charge is 0.299 e. The van der Waals surface area contributed by atoms with Gasteiger partial charge in [0.2, 0.25) is 0 Å². The predicted molar refractivity (Wildman–Crippen MR) is 77.8 cm³/mol. The summed E-state index contributed by atoms with van der Waals surface area (Å²) in [5.41, 5.74) is 2.28. The van der Waals surface area contributed by atoms with Crippen LogP contribution in [0.1, 0.15) is 43.3 Å². The summed E-state index contributed by atoms with van der Waals surface area (Å²) in [4.78, 5) is 11.2. The number of aryl methyl sites for hydroxylation is 1. The van der Waals surface area contributed by atoms with Crippen molar-refractivity contribution in [2.75, 3.05) is 13.1 Å². The van der Waals surface area contributed by atoms with Crippen LogP contribution in [0, 0.1) is 12.8 Å². The topological polar surface area (TPSA) is 29.0 Å². The number of hydrogen-bond donors (Lipinski definition) is 0. The molecule has 2 rings (SSSR count). The Balaban J connectivity index is 1.96. The molecule has 0 aliphatic carbocycles. The Hall–Kier alpha value is -0.870. The lowest BCUT2D eigenvalue weighted by atomic mass is 9.94. The quantitative estimate of drug-likeness (QED) is 0.781. The van der Waals surface area contributed by atoms with Gasteiger partial charge in [0.05, 0.1) is 0 Å². The molecular formula is C14H21N3S. The molecule has 1 fully saturated rings. The van der Waals surface area contributed by atoms with Gasteiger partial charge in [-0.2, -0.15) is 0 Å². The van der Waals surface area contributed by atoms with E-state index in [0.717, 1.165) is 18.2 Å². The molecule has 0 atom stereocenters. The normalized spacial score (nSPS) is 17.9. The Morgan fingerprint density at radius 2 is 2.17 bits per heavy atom. The van der Waals surface area contributed by atoms with Gasteiger partial charge in [-0.1, -0.05) is 25.6 Å². The van der Waals surface area contributed by atoms with Crippen molar-refractivity contribution >= 4 is 17.6 Å². The molecule has 4 heteroatoms. The first-order valence-electron chi connectivity index (χ1n) is 6.73. The van der Waals surface area contributed by atoms with Crippen LogP contribution in [0.25, 0.3) is 0 Å². The highest BCUT2D eigenvalue weighted by Crippen LogP contribution is 2.21. The first-order chi connectivity index (χ1) is 8.72. The highest BCUT2D eigenvalue weighted by atomic mass is 32.1. The Morgan fingerprint density at radius 1 is 1.44 bits per heavy atom. The minimum absolute atomic E-state index is 0.649. The van der Waals surface area contributed by atoms with Gasteiger partial charge in [0.1, 0.15) is 0 Å². The van der Waals surface area contributed by atoms with Crippen LogP contribution in [0.5, 0.6) is 0 Å². The molecule has 1 aliphatic rings. The van der Waals surface area contributed by atoms with Gasteiger partial charge >= 0.3 is 0 Å². The second-order valence-corrected chi connectivity index (χ2v) is 5.32. The summed E-state index contributed by atoms with van der Waals surface area (Å²) < 4.78 is 0. The van der Waals surface area contributed by atoms with Gasteiger partial charge in [-0.15, -0.1) is 0 Å². The third kappa shape index (κ3) is 3.33. The van der Waals surface area contributed by atoms with Gasteiger partial charge in [0, 0.05) is 29.4 Å². The Morgan fingerprint density at radius 3 is 2.72 bits per heavy atom. The van der Waals surface area contributed by atoms with E-state index in [4.69, 9.17) is 12.2 Å². The number of likely N-dealkylation sites (tertiary alicyclic amines) is 1. The molecule has 0 saturated carbocycles. The minimum atomic E-state index is 0.649. The van der Waals surface area contributed by atoms with Crippen LogP contribution in [-0.4, -0.2) is 33.3 Å². The molecule has 0 bridgehead atoms. The lowest BCUT2D eigenvalue weighted by molar-refractivity contribution is 0.174. The average molecular weight is 263 g/mol. The van der Waals surface area contributed by atoms with Crippen LogP contribution in [0.3, 0.4) is 0 Å². The van der Waals surface area contributed by atoms with Crippen molar-refractivity contribution in [3.05, 3.63) is 23.3 Å². The Labute approximate surface area is 115 Å². The third-order valence-electron chi connectivity index (χ3n) is 3.88. The van der Waals surface area contributed by atoms with Crippen LogP contribution in [0.4, 0.5) is 0 Å². The molecule has 0 spiro atoms. The number of thiocarbonyl (C=S) groups is 1. The molecule has 0 N–H and O–H groups in total. The van der Waals surface area contributed by atoms with Gasteiger partial charge in [0.25, 0.3) is 0 Å². The van der Waals surface area contributed by atoms with E-state index in [-0.39, 0.29) is 0 Å². The van der Waals surface area contributed by atoms with Crippen LogP contribution in [0.2, 0.25) is 0 Å². The molecule has 1 aromatic rings. The standard InChI is InChI=1S/C14H21N3S/c1-3-12-4-6-17(7-5-12)9-13-8-15-14(10-18)16-11(13)2/h8,10,12H,3-7,9H2,1-2H3. The first-order valence-corrected chi connectivity index (χ1v) is 7.20. The summed E-state index contributed by atoms with van der Waals surface area (Å²) in [5, 5.41) is 1.53. The van der Waals surface area contributed by atoms with Crippen molar-refractivity contribution in [3.63, 3.8) is 0 Å². The van der Waals surface area contributed by atoms with Crippen molar-refractivity contribution in [3.8, 4) is 0 Å². The Kier molecular flexibility index (Phi) is 4.78. The van der Waals surface area contributed by atoms with E-state index in [1.165, 1.54) is 43.3 Å². The van der Waals surface area contributed by atoms with Gasteiger partial charge in [-0.25, -0.2) is 9.97 Å². The molecule has 0 unspecified atom stereocenters. The van der Waals surface area contributed by atoms with Crippen molar-refractivity contribution in [2.45, 2.75) is 39.7 Å². The van der Waals surface area contributed by atoms with Gasteiger partial charge in [0.15, 0.2) is 5.82 Å². The third-order valence-corrected chi connectivity index (χ3v) is 4.09. The summed E-state index contributed by atoms with van der Waals surface area (Å²) in [7, 11) is 0. The van der Waals surface area contributed by atoms with E-state index >= 15 is 0 Å². The molecule has 18 heavy (non-hydrogen) atoms. The summed E-state index contributed by atoms with van der Waals surface area (Å²) >= 11 is 4.85. The lowest BCUT2D eigenvalue weighted by Gasteiger charge is -2.31. The smallest absolute Gasteiger partial charge is 0.162 e. The molecule has 0 radical (unpaired) electrons. The van der Waals surface area contributed by atoms with Crippen molar-refractivity contribution in [1.82, 2.24) is 14.9 Å². The maximum absolute atomic E-state index is 4.85. The van der Waals surface area contributed by atoms with E-state index < -0.39 is 0 Å². The molecule has 98 valence electrons. The summed E-state index contributed by atoms with van der Waals surface area (Å²) in [6.45, 7) is 7.71. The van der Waals surface area contributed by atoms with Gasteiger partial charge in [-0.3, -0.25) is 4.90 Å². The maximum atomic E-state index is 4.85. The van der Waals surface area contributed by atoms with Crippen molar-refractivity contribution in [1.29, 1.82) is 0 Å². The van der Waals surface area contributed by atoms with E-state index in [1.807, 2.05) is 13.1 Å². The second kappa shape index (κ2) is 6.34. The van der Waals surface area contributed by atoms with Crippen LogP contribution in [0.15, 0.2) is 6.20 Å². The molecule has 0 aromatic carbocycles. The van der Waals surface area contributed by atoms with E-state index in [0.29, 0.717) is 5.82 Å². The van der Waals surface area contributed by atoms with Gasteiger partial charge < -0.3 is 0 Å². The van der Waals surface area contributed by atoms with E-state index in [2.05, 4.69) is 21.8 Å². The fraction of sp³-hybridized carbons (Fsp3) is 0.643. The number of nitrogens with zero attached hydrogens (tertiary/aromatic N) is 3. The predicted octanol–water partition coefficient (Wildman–Crippen LogP) is 2.75. The number of piperidine rings is 1. The van der Waals surface area contributed by atoms with Crippen molar-refractivity contribution < 1.29 is 0 Å². The highest BCUT2D eigenvalue weighted by Gasteiger charge is 2.18. The molecule has 1 aliphatic heterocycles. The molecule has 2 heterocycles. The second-order valence-electron chi connectivity index (χ2n) is 5.08. The fourth-order valence-electron chi connectivity index (χ4n) is 2.52. The minimum Gasteiger partial charge on any atom is -0.299 e. The number of aromatic nitrogens is 2. The summed E-state index contributed by atoms with van der Waals surface area (Å²) in [5.74, 6) is 1.58. The van der Waals surface area contributed by atoms with E-state index in [1.54, 1.807) is 0 Å². The van der Waals surface area contributed by atoms with E-state index in [9.17, 15) is 0 Å². The number of hydrogen-bond acceptors (Lipinski definition) is 4. The molecular weight excluding hydrogens is 242 g/mol. The summed E-state index contributed by atoms with van der Waals surface area (Å²) in [6.07, 6.45) is 5.90. The van der Waals surface area contributed by atoms with Crippen LogP contribution < -0.4 is 0 Å². The Bertz CT molecular complexity index is 412. The zero-order valence-corrected chi connectivity index (χ0v) is 12.0. The SMILES string of the molecule is CCC1CCN(Cc2cnc(C=S)nc2C)CC1. The fourth-order valence-corrected chi connectivity index (χ4v) is 2.63. The molecule has 0 amide bonds. The molecule has 1 aromatic heterocycles. The van der Waals surface area contributed by atoms with Crippen molar-refractivity contribution in [2.24, 2.45) is 5.92 Å². The zero-order valence-electron chi connectivity index (χ0n) is 11.2. The van der Waals surface area contributed by atoms with Gasteiger partial charge in [-0.05, 0) is 38.8 Å². The van der Waals surface area contributed by atoms with Crippen LogP contribution in [-0.2, 0) is 6.54 Å². The molecule has 1 saturated heterocycles. The average Bonchev–Trinajstić information content (AvgIpc) is 2.42. The maximum Gasteiger partial charge on any atom is 0.162 e. The zero-order chi connectivity index (χ0) is 13.0. The van der Waals surface area contributed by atoms with Crippen LogP contribution >= 0.6 is 12.2 Å². The number of rotatable bonds is 4.